The predicted molar refractivity (Wildman–Crippen MR) is 67.6 cm³/mol. The molecule has 0 N–H and O–H groups in total. The highest BCUT2D eigenvalue weighted by molar-refractivity contribution is 5.77. The number of alkyl halides is 3. The molecule has 0 saturated carbocycles. The molecule has 2 aromatic rings. The quantitative estimate of drug-likeness (QED) is 0.801. The van der Waals surface area contributed by atoms with Crippen LogP contribution in [0, 0.1) is 0 Å². The van der Waals surface area contributed by atoms with Crippen LogP contribution in [0.25, 0.3) is 0 Å². The third kappa shape index (κ3) is 3.01. The number of carbonyl (C=O) groups excluding carboxylic acids is 1. The SMILES string of the molecule is CN(Cc1ccco1)c1ccc(C=O)cc1C(F)(F)F. The van der Waals surface area contributed by atoms with E-state index in [1.807, 2.05) is 0 Å². The van der Waals surface area contributed by atoms with Crippen molar-refractivity contribution in [3.8, 4) is 0 Å². The van der Waals surface area contributed by atoms with Crippen LogP contribution in [0.2, 0.25) is 0 Å². The topological polar surface area (TPSA) is 33.5 Å². The second-order valence-electron chi connectivity index (χ2n) is 4.33. The maximum atomic E-state index is 13.0. The molecule has 0 fully saturated rings. The van der Waals surface area contributed by atoms with E-state index < -0.39 is 11.7 Å². The number of hydrogen-bond donors (Lipinski definition) is 0. The first kappa shape index (κ1) is 14.2. The van der Waals surface area contributed by atoms with Crippen LogP contribution in [0.4, 0.5) is 18.9 Å². The van der Waals surface area contributed by atoms with Gasteiger partial charge in [-0.3, -0.25) is 4.79 Å². The molecule has 20 heavy (non-hydrogen) atoms. The van der Waals surface area contributed by atoms with Crippen molar-refractivity contribution in [2.45, 2.75) is 12.7 Å². The Balaban J connectivity index is 2.37. The van der Waals surface area contributed by atoms with E-state index in [-0.39, 0.29) is 17.8 Å². The van der Waals surface area contributed by atoms with E-state index in [4.69, 9.17) is 4.42 Å². The number of carbonyl (C=O) groups is 1. The highest BCUT2D eigenvalue weighted by Gasteiger charge is 2.34. The Kier molecular flexibility index (Phi) is 3.83. The van der Waals surface area contributed by atoms with Crippen molar-refractivity contribution in [2.24, 2.45) is 0 Å². The summed E-state index contributed by atoms with van der Waals surface area (Å²) >= 11 is 0. The minimum atomic E-state index is -4.52. The molecule has 0 saturated heterocycles. The van der Waals surface area contributed by atoms with Gasteiger partial charge < -0.3 is 9.32 Å². The van der Waals surface area contributed by atoms with Crippen LogP contribution in [0.3, 0.4) is 0 Å². The van der Waals surface area contributed by atoms with E-state index in [9.17, 15) is 18.0 Å². The molecule has 6 heteroatoms. The molecular formula is C14H12F3NO2. The fourth-order valence-electron chi connectivity index (χ4n) is 1.91. The van der Waals surface area contributed by atoms with Gasteiger partial charge in [-0.15, -0.1) is 0 Å². The van der Waals surface area contributed by atoms with Gasteiger partial charge >= 0.3 is 6.18 Å². The van der Waals surface area contributed by atoms with Crippen LogP contribution in [0.5, 0.6) is 0 Å². The van der Waals surface area contributed by atoms with Gasteiger partial charge in [0.15, 0.2) is 0 Å². The molecule has 1 aromatic heterocycles. The number of rotatable bonds is 4. The summed E-state index contributed by atoms with van der Waals surface area (Å²) in [7, 11) is 1.54. The van der Waals surface area contributed by atoms with Crippen LogP contribution in [0.1, 0.15) is 21.7 Å². The summed E-state index contributed by atoms with van der Waals surface area (Å²) in [5.74, 6) is 0.556. The number of nitrogens with zero attached hydrogens (tertiary/aromatic N) is 1. The molecule has 0 atom stereocenters. The molecular weight excluding hydrogens is 271 g/mol. The summed E-state index contributed by atoms with van der Waals surface area (Å²) in [5.41, 5.74) is -0.844. The molecule has 2 rings (SSSR count). The van der Waals surface area contributed by atoms with Gasteiger partial charge in [0.25, 0.3) is 0 Å². The van der Waals surface area contributed by atoms with E-state index in [1.54, 1.807) is 12.1 Å². The lowest BCUT2D eigenvalue weighted by Gasteiger charge is -2.23. The summed E-state index contributed by atoms with van der Waals surface area (Å²) < 4.78 is 44.2. The lowest BCUT2D eigenvalue weighted by atomic mass is 10.1. The van der Waals surface area contributed by atoms with Gasteiger partial charge in [-0.05, 0) is 30.3 Å². The van der Waals surface area contributed by atoms with Crippen LogP contribution in [-0.2, 0) is 12.7 Å². The molecule has 0 bridgehead atoms. The van der Waals surface area contributed by atoms with Crippen LogP contribution < -0.4 is 4.90 Å². The molecule has 0 amide bonds. The van der Waals surface area contributed by atoms with Crippen LogP contribution in [0.15, 0.2) is 41.0 Å². The molecule has 0 radical (unpaired) electrons. The summed E-state index contributed by atoms with van der Waals surface area (Å²) in [5, 5.41) is 0. The second-order valence-corrected chi connectivity index (χ2v) is 4.33. The van der Waals surface area contributed by atoms with E-state index in [2.05, 4.69) is 0 Å². The number of benzene rings is 1. The Bertz CT molecular complexity index is 591. The first-order valence-electron chi connectivity index (χ1n) is 5.82. The van der Waals surface area contributed by atoms with Gasteiger partial charge in [0.1, 0.15) is 12.0 Å². The average molecular weight is 283 g/mol. The number of anilines is 1. The van der Waals surface area contributed by atoms with Gasteiger partial charge in [0.05, 0.1) is 18.4 Å². The molecule has 0 spiro atoms. The lowest BCUT2D eigenvalue weighted by molar-refractivity contribution is -0.137. The maximum absolute atomic E-state index is 13.0. The van der Waals surface area contributed by atoms with Crippen molar-refractivity contribution in [1.82, 2.24) is 0 Å². The maximum Gasteiger partial charge on any atom is 0.418 e. The first-order valence-corrected chi connectivity index (χ1v) is 5.82. The number of halogens is 3. The van der Waals surface area contributed by atoms with Gasteiger partial charge in [0, 0.05) is 18.3 Å². The molecule has 0 unspecified atom stereocenters. The Labute approximate surface area is 113 Å². The Morgan fingerprint density at radius 3 is 2.60 bits per heavy atom. The van der Waals surface area contributed by atoms with Crippen LogP contribution >= 0.6 is 0 Å². The van der Waals surface area contributed by atoms with E-state index >= 15 is 0 Å². The van der Waals surface area contributed by atoms with E-state index in [0.29, 0.717) is 12.0 Å². The molecule has 3 nitrogen and oxygen atoms in total. The summed E-state index contributed by atoms with van der Waals surface area (Å²) in [4.78, 5) is 12.1. The normalized spacial score (nSPS) is 11.4. The molecule has 0 aliphatic heterocycles. The molecule has 106 valence electrons. The zero-order chi connectivity index (χ0) is 14.8. The van der Waals surface area contributed by atoms with E-state index in [0.717, 1.165) is 6.07 Å². The standard InChI is InChI=1S/C14H12F3NO2/c1-18(8-11-3-2-6-20-11)13-5-4-10(9-19)7-12(13)14(15,16)17/h2-7,9H,8H2,1H3. The van der Waals surface area contributed by atoms with Gasteiger partial charge in [-0.2, -0.15) is 13.2 Å². The van der Waals surface area contributed by atoms with Gasteiger partial charge in [0.2, 0.25) is 0 Å². The van der Waals surface area contributed by atoms with Crippen molar-refractivity contribution >= 4 is 12.0 Å². The first-order chi connectivity index (χ1) is 9.41. The average Bonchev–Trinajstić information content (AvgIpc) is 2.89. The predicted octanol–water partition coefficient (Wildman–Crippen LogP) is 3.75. The lowest BCUT2D eigenvalue weighted by Crippen LogP contribution is -2.21. The Morgan fingerprint density at radius 2 is 2.05 bits per heavy atom. The minimum Gasteiger partial charge on any atom is -0.467 e. The smallest absolute Gasteiger partial charge is 0.418 e. The zero-order valence-corrected chi connectivity index (χ0v) is 10.6. The number of hydrogen-bond acceptors (Lipinski definition) is 3. The third-order valence-corrected chi connectivity index (χ3v) is 2.85. The molecule has 1 heterocycles. The van der Waals surface area contributed by atoms with Crippen LogP contribution in [-0.4, -0.2) is 13.3 Å². The summed E-state index contributed by atoms with van der Waals surface area (Å²) in [6.07, 6.45) is -2.67. The number of furan rings is 1. The molecule has 0 aliphatic rings. The highest BCUT2D eigenvalue weighted by Crippen LogP contribution is 2.37. The largest absolute Gasteiger partial charge is 0.467 e. The summed E-state index contributed by atoms with van der Waals surface area (Å²) in [6, 6.07) is 6.85. The number of aldehydes is 1. The minimum absolute atomic E-state index is 0.000463. The zero-order valence-electron chi connectivity index (χ0n) is 10.6. The van der Waals surface area contributed by atoms with Gasteiger partial charge in [-0.25, -0.2) is 0 Å². The summed E-state index contributed by atoms with van der Waals surface area (Å²) in [6.45, 7) is 0.205. The second kappa shape index (κ2) is 5.40. The van der Waals surface area contributed by atoms with E-state index in [1.165, 1.54) is 30.3 Å². The van der Waals surface area contributed by atoms with Crippen molar-refractivity contribution in [2.75, 3.05) is 11.9 Å². The van der Waals surface area contributed by atoms with Crippen molar-refractivity contribution in [1.29, 1.82) is 0 Å². The Morgan fingerprint density at radius 1 is 1.30 bits per heavy atom. The molecule has 1 aromatic carbocycles. The van der Waals surface area contributed by atoms with Gasteiger partial charge in [-0.1, -0.05) is 0 Å². The van der Waals surface area contributed by atoms with Crippen molar-refractivity contribution in [3.05, 3.63) is 53.5 Å². The fourth-order valence-corrected chi connectivity index (χ4v) is 1.91. The van der Waals surface area contributed by atoms with Crippen molar-refractivity contribution in [3.63, 3.8) is 0 Å². The third-order valence-electron chi connectivity index (χ3n) is 2.85. The Hall–Kier alpha value is -2.24. The fraction of sp³-hybridized carbons (Fsp3) is 0.214. The van der Waals surface area contributed by atoms with Crippen molar-refractivity contribution < 1.29 is 22.4 Å². The highest BCUT2D eigenvalue weighted by atomic mass is 19.4. The monoisotopic (exact) mass is 283 g/mol. The molecule has 0 aliphatic carbocycles.